The van der Waals surface area contributed by atoms with E-state index in [1.54, 1.807) is 6.92 Å². The molecule has 1 atom stereocenters. The lowest BCUT2D eigenvalue weighted by atomic mass is 9.98. The number of carbonyl (C=O) groups excluding carboxylic acids is 2. The van der Waals surface area contributed by atoms with Gasteiger partial charge in [0.2, 0.25) is 23.5 Å². The summed E-state index contributed by atoms with van der Waals surface area (Å²) >= 11 is 0. The number of piperidine rings is 1. The van der Waals surface area contributed by atoms with Crippen molar-refractivity contribution in [3.63, 3.8) is 0 Å². The van der Waals surface area contributed by atoms with Gasteiger partial charge >= 0.3 is 0 Å². The van der Waals surface area contributed by atoms with Gasteiger partial charge in [0.15, 0.2) is 0 Å². The van der Waals surface area contributed by atoms with Crippen molar-refractivity contribution in [1.29, 1.82) is 0 Å². The van der Waals surface area contributed by atoms with Crippen LogP contribution in [0.25, 0.3) is 11.4 Å². The molecule has 0 N–H and O–H groups in total. The molecule has 0 bridgehead atoms. The van der Waals surface area contributed by atoms with E-state index in [1.165, 1.54) is 0 Å². The van der Waals surface area contributed by atoms with Crippen molar-refractivity contribution in [3.8, 4) is 11.4 Å². The second-order valence-corrected chi connectivity index (χ2v) is 8.28. The van der Waals surface area contributed by atoms with E-state index in [-0.39, 0.29) is 23.9 Å². The SMILES string of the molecule is CC(=O)N(C1CCOCC1)C1CCCN(C(=O)CCc2nc(-c3ccccc3)no2)C1. The first-order chi connectivity index (χ1) is 15.1. The summed E-state index contributed by atoms with van der Waals surface area (Å²) in [5.74, 6) is 1.16. The molecule has 0 spiro atoms. The van der Waals surface area contributed by atoms with Crippen molar-refractivity contribution in [2.45, 2.75) is 57.5 Å². The van der Waals surface area contributed by atoms with E-state index in [9.17, 15) is 9.59 Å². The Hall–Kier alpha value is -2.74. The summed E-state index contributed by atoms with van der Waals surface area (Å²) in [5.41, 5.74) is 0.889. The molecule has 1 aromatic carbocycles. The first-order valence-corrected chi connectivity index (χ1v) is 11.1. The largest absolute Gasteiger partial charge is 0.381 e. The minimum absolute atomic E-state index is 0.0691. The van der Waals surface area contributed by atoms with Crippen molar-refractivity contribution in [2.75, 3.05) is 26.3 Å². The van der Waals surface area contributed by atoms with Crippen LogP contribution in [0, 0.1) is 0 Å². The number of rotatable bonds is 6. The van der Waals surface area contributed by atoms with Gasteiger partial charge in [-0.1, -0.05) is 35.5 Å². The normalized spacial score (nSPS) is 19.9. The highest BCUT2D eigenvalue weighted by Gasteiger charge is 2.34. The van der Waals surface area contributed by atoms with Crippen LogP contribution < -0.4 is 0 Å². The van der Waals surface area contributed by atoms with Gasteiger partial charge in [-0.2, -0.15) is 4.98 Å². The van der Waals surface area contributed by atoms with Gasteiger partial charge < -0.3 is 19.1 Å². The van der Waals surface area contributed by atoms with Gasteiger partial charge in [-0.05, 0) is 25.7 Å². The van der Waals surface area contributed by atoms with Crippen LogP contribution in [0.2, 0.25) is 0 Å². The van der Waals surface area contributed by atoms with Gasteiger partial charge in [-0.25, -0.2) is 0 Å². The van der Waals surface area contributed by atoms with Crippen LogP contribution in [0.5, 0.6) is 0 Å². The summed E-state index contributed by atoms with van der Waals surface area (Å²) < 4.78 is 10.8. The zero-order chi connectivity index (χ0) is 21.6. The molecule has 2 aliphatic rings. The minimum atomic E-state index is 0.0691. The second kappa shape index (κ2) is 10.0. The Labute approximate surface area is 182 Å². The monoisotopic (exact) mass is 426 g/mol. The molecule has 4 rings (SSSR count). The molecule has 166 valence electrons. The van der Waals surface area contributed by atoms with E-state index in [2.05, 4.69) is 10.1 Å². The van der Waals surface area contributed by atoms with Crippen LogP contribution >= 0.6 is 0 Å². The smallest absolute Gasteiger partial charge is 0.227 e. The highest BCUT2D eigenvalue weighted by Crippen LogP contribution is 2.24. The number of aromatic nitrogens is 2. The average Bonchev–Trinajstić information content (AvgIpc) is 3.28. The Morgan fingerprint density at radius 2 is 1.90 bits per heavy atom. The van der Waals surface area contributed by atoms with Crippen molar-refractivity contribution in [3.05, 3.63) is 36.2 Å². The molecule has 31 heavy (non-hydrogen) atoms. The molecule has 1 aromatic heterocycles. The van der Waals surface area contributed by atoms with Crippen LogP contribution in [0.4, 0.5) is 0 Å². The number of benzene rings is 1. The number of ether oxygens (including phenoxy) is 1. The molecule has 3 heterocycles. The van der Waals surface area contributed by atoms with Gasteiger partial charge in [-0.15, -0.1) is 0 Å². The molecule has 0 radical (unpaired) electrons. The van der Waals surface area contributed by atoms with E-state index in [1.807, 2.05) is 40.1 Å². The van der Waals surface area contributed by atoms with Crippen molar-refractivity contribution in [2.24, 2.45) is 0 Å². The summed E-state index contributed by atoms with van der Waals surface area (Å²) in [6.45, 7) is 4.34. The fourth-order valence-corrected chi connectivity index (χ4v) is 4.62. The molecule has 2 amide bonds. The van der Waals surface area contributed by atoms with Crippen molar-refractivity contribution < 1.29 is 18.8 Å². The van der Waals surface area contributed by atoms with Gasteiger partial charge in [0.05, 0.1) is 0 Å². The molecule has 2 aliphatic heterocycles. The number of hydrogen-bond acceptors (Lipinski definition) is 6. The summed E-state index contributed by atoms with van der Waals surface area (Å²) in [7, 11) is 0. The predicted octanol–water partition coefficient (Wildman–Crippen LogP) is 2.69. The van der Waals surface area contributed by atoms with Crippen LogP contribution in [0.15, 0.2) is 34.9 Å². The number of likely N-dealkylation sites (tertiary alicyclic amines) is 1. The van der Waals surface area contributed by atoms with Gasteiger partial charge in [0.1, 0.15) is 0 Å². The lowest BCUT2D eigenvalue weighted by molar-refractivity contribution is -0.142. The zero-order valence-corrected chi connectivity index (χ0v) is 18.0. The van der Waals surface area contributed by atoms with Crippen LogP contribution in [0.3, 0.4) is 0 Å². The van der Waals surface area contributed by atoms with Crippen molar-refractivity contribution in [1.82, 2.24) is 19.9 Å². The minimum Gasteiger partial charge on any atom is -0.381 e. The van der Waals surface area contributed by atoms with Crippen molar-refractivity contribution >= 4 is 11.8 Å². The van der Waals surface area contributed by atoms with Gasteiger partial charge in [0.25, 0.3) is 0 Å². The molecule has 0 saturated carbocycles. The quantitative estimate of drug-likeness (QED) is 0.706. The maximum absolute atomic E-state index is 12.9. The Bertz CT molecular complexity index is 879. The highest BCUT2D eigenvalue weighted by atomic mass is 16.5. The first kappa shape index (κ1) is 21.5. The standard InChI is InChI=1S/C23H30N4O4/c1-17(28)27(19-11-14-30-15-12-19)20-8-5-13-26(16-20)22(29)10-9-21-24-23(25-31-21)18-6-3-2-4-7-18/h2-4,6-7,19-20H,5,8-16H2,1H3. The van der Waals surface area contributed by atoms with Gasteiger partial charge in [-0.3, -0.25) is 9.59 Å². The molecular formula is C23H30N4O4. The topological polar surface area (TPSA) is 88.8 Å². The third-order valence-corrected chi connectivity index (χ3v) is 6.14. The summed E-state index contributed by atoms with van der Waals surface area (Å²) in [6.07, 6.45) is 4.31. The Morgan fingerprint density at radius 3 is 2.65 bits per heavy atom. The highest BCUT2D eigenvalue weighted by molar-refractivity contribution is 5.77. The lowest BCUT2D eigenvalue weighted by Gasteiger charge is -2.44. The maximum Gasteiger partial charge on any atom is 0.227 e. The molecule has 2 aromatic rings. The Morgan fingerprint density at radius 1 is 1.13 bits per heavy atom. The molecule has 2 saturated heterocycles. The van der Waals surface area contributed by atoms with E-state index >= 15 is 0 Å². The molecule has 8 heteroatoms. The average molecular weight is 427 g/mol. The third kappa shape index (κ3) is 5.31. The summed E-state index contributed by atoms with van der Waals surface area (Å²) in [6, 6.07) is 9.91. The molecule has 1 unspecified atom stereocenters. The van der Waals surface area contributed by atoms with Gasteiger partial charge in [0, 0.05) is 63.7 Å². The fourth-order valence-electron chi connectivity index (χ4n) is 4.62. The van der Waals surface area contributed by atoms with E-state index < -0.39 is 0 Å². The molecular weight excluding hydrogens is 396 g/mol. The number of hydrogen-bond donors (Lipinski definition) is 0. The summed E-state index contributed by atoms with van der Waals surface area (Å²) in [4.78, 5) is 33.6. The van der Waals surface area contributed by atoms with Crippen LogP contribution in [0.1, 0.15) is 44.9 Å². The van der Waals surface area contributed by atoms with E-state index in [0.29, 0.717) is 44.3 Å². The molecule has 2 fully saturated rings. The number of carbonyl (C=O) groups is 2. The predicted molar refractivity (Wildman–Crippen MR) is 114 cm³/mol. The number of aryl methyl sites for hydroxylation is 1. The zero-order valence-electron chi connectivity index (χ0n) is 18.0. The number of nitrogens with zero attached hydrogens (tertiary/aromatic N) is 4. The lowest BCUT2D eigenvalue weighted by Crippen LogP contribution is -2.55. The first-order valence-electron chi connectivity index (χ1n) is 11.1. The molecule has 0 aliphatic carbocycles. The Balaban J connectivity index is 1.33. The maximum atomic E-state index is 12.9. The Kier molecular flexibility index (Phi) is 6.96. The fraction of sp³-hybridized carbons (Fsp3) is 0.565. The third-order valence-electron chi connectivity index (χ3n) is 6.14. The number of amides is 2. The second-order valence-electron chi connectivity index (χ2n) is 8.28. The van der Waals surface area contributed by atoms with Crippen LogP contribution in [-0.4, -0.2) is 70.1 Å². The van der Waals surface area contributed by atoms with E-state index in [4.69, 9.17) is 9.26 Å². The summed E-state index contributed by atoms with van der Waals surface area (Å²) in [5, 5.41) is 4.02. The van der Waals surface area contributed by atoms with E-state index in [0.717, 1.165) is 37.8 Å². The van der Waals surface area contributed by atoms with Crippen LogP contribution in [-0.2, 0) is 20.7 Å². The molecule has 8 nitrogen and oxygen atoms in total.